The lowest BCUT2D eigenvalue weighted by Gasteiger charge is -2.06. The Morgan fingerprint density at radius 1 is 1.29 bits per heavy atom. The molecule has 0 saturated carbocycles. The van der Waals surface area contributed by atoms with Gasteiger partial charge in [-0.3, -0.25) is 4.79 Å². The summed E-state index contributed by atoms with van der Waals surface area (Å²) < 4.78 is 1.72. The van der Waals surface area contributed by atoms with Gasteiger partial charge in [0.25, 0.3) is 5.91 Å². The van der Waals surface area contributed by atoms with Gasteiger partial charge in [0, 0.05) is 11.8 Å². The lowest BCUT2D eigenvalue weighted by Crippen LogP contribution is -2.12. The highest BCUT2D eigenvalue weighted by Gasteiger charge is 2.10. The van der Waals surface area contributed by atoms with Crippen LogP contribution in [-0.4, -0.2) is 25.7 Å². The predicted octanol–water partition coefficient (Wildman–Crippen LogP) is 2.59. The first kappa shape index (κ1) is 13.4. The lowest BCUT2D eigenvalue weighted by molar-refractivity contribution is 0.103. The highest BCUT2D eigenvalue weighted by Crippen LogP contribution is 2.14. The molecule has 1 N–H and O–H groups in total. The normalized spacial score (nSPS) is 10.6. The molecule has 0 spiro atoms. The topological polar surface area (TPSA) is 72.7 Å². The van der Waals surface area contributed by atoms with E-state index in [9.17, 15) is 4.79 Å². The molecule has 3 heterocycles. The molecule has 0 atom stereocenters. The fourth-order valence-electron chi connectivity index (χ4n) is 1.98. The number of rotatable bonds is 3. The number of thiophene rings is 1. The number of hydrogen-bond acceptors (Lipinski definition) is 5. The van der Waals surface area contributed by atoms with Crippen LogP contribution >= 0.6 is 11.3 Å². The molecule has 0 unspecified atom stereocenters. The molecule has 106 valence electrons. The van der Waals surface area contributed by atoms with Crippen molar-refractivity contribution in [1.29, 1.82) is 0 Å². The molecule has 21 heavy (non-hydrogen) atoms. The number of amides is 1. The summed E-state index contributed by atoms with van der Waals surface area (Å²) in [6.45, 7) is 3.87. The summed E-state index contributed by atoms with van der Waals surface area (Å²) in [6, 6.07) is 7.26. The maximum absolute atomic E-state index is 12.0. The Kier molecular flexibility index (Phi) is 3.49. The van der Waals surface area contributed by atoms with Gasteiger partial charge < -0.3 is 5.32 Å². The zero-order chi connectivity index (χ0) is 14.8. The molecule has 0 aromatic carbocycles. The molecule has 0 bridgehead atoms. The molecular formula is C14H13N5OS. The van der Waals surface area contributed by atoms with E-state index in [-0.39, 0.29) is 5.91 Å². The van der Waals surface area contributed by atoms with Gasteiger partial charge in [0.2, 0.25) is 0 Å². The van der Waals surface area contributed by atoms with Gasteiger partial charge >= 0.3 is 0 Å². The molecule has 0 aliphatic carbocycles. The maximum atomic E-state index is 12.0. The average Bonchev–Trinajstić information content (AvgIpc) is 3.08. The predicted molar refractivity (Wildman–Crippen MR) is 80.9 cm³/mol. The van der Waals surface area contributed by atoms with Crippen LogP contribution in [0.25, 0.3) is 5.82 Å². The van der Waals surface area contributed by atoms with Crippen LogP contribution in [0, 0.1) is 13.8 Å². The Bertz CT molecular complexity index is 779. The second-order valence-corrected chi connectivity index (χ2v) is 5.48. The van der Waals surface area contributed by atoms with E-state index in [1.54, 1.807) is 16.8 Å². The Labute approximate surface area is 125 Å². The van der Waals surface area contributed by atoms with E-state index in [0.717, 1.165) is 11.4 Å². The van der Waals surface area contributed by atoms with Crippen molar-refractivity contribution in [3.05, 3.63) is 52.2 Å². The van der Waals surface area contributed by atoms with Crippen molar-refractivity contribution in [2.75, 3.05) is 5.32 Å². The lowest BCUT2D eigenvalue weighted by atomic mass is 10.4. The third-order valence-corrected chi connectivity index (χ3v) is 3.73. The molecule has 0 fully saturated rings. The molecule has 0 aliphatic rings. The molecule has 7 heteroatoms. The van der Waals surface area contributed by atoms with Crippen molar-refractivity contribution in [3.8, 4) is 5.82 Å². The first-order chi connectivity index (χ1) is 10.1. The Balaban J connectivity index is 1.87. The molecule has 0 aliphatic heterocycles. The van der Waals surface area contributed by atoms with Crippen LogP contribution in [-0.2, 0) is 0 Å². The van der Waals surface area contributed by atoms with Crippen LogP contribution in [0.4, 0.5) is 5.82 Å². The smallest absolute Gasteiger partial charge is 0.266 e. The average molecular weight is 299 g/mol. The number of nitrogens with zero attached hydrogens (tertiary/aromatic N) is 4. The van der Waals surface area contributed by atoms with Gasteiger partial charge in [-0.25, -0.2) is 14.6 Å². The highest BCUT2D eigenvalue weighted by molar-refractivity contribution is 7.12. The maximum Gasteiger partial charge on any atom is 0.266 e. The van der Waals surface area contributed by atoms with Crippen molar-refractivity contribution in [2.45, 2.75) is 13.8 Å². The Hall–Kier alpha value is -2.54. The highest BCUT2D eigenvalue weighted by atomic mass is 32.1. The summed E-state index contributed by atoms with van der Waals surface area (Å²) in [6.07, 6.45) is 1.41. The Morgan fingerprint density at radius 2 is 2.14 bits per heavy atom. The van der Waals surface area contributed by atoms with E-state index in [0.29, 0.717) is 16.5 Å². The van der Waals surface area contributed by atoms with Crippen molar-refractivity contribution in [2.24, 2.45) is 0 Å². The number of anilines is 1. The van der Waals surface area contributed by atoms with Gasteiger partial charge in [-0.2, -0.15) is 5.10 Å². The summed E-state index contributed by atoms with van der Waals surface area (Å²) in [4.78, 5) is 20.9. The van der Waals surface area contributed by atoms with E-state index in [1.807, 2.05) is 31.4 Å². The third-order valence-electron chi connectivity index (χ3n) is 2.87. The number of hydrogen-bond donors (Lipinski definition) is 1. The largest absolute Gasteiger partial charge is 0.306 e. The van der Waals surface area contributed by atoms with Crippen molar-refractivity contribution in [3.63, 3.8) is 0 Å². The summed E-state index contributed by atoms with van der Waals surface area (Å²) in [5.41, 5.74) is 1.89. The van der Waals surface area contributed by atoms with E-state index in [1.165, 1.54) is 17.7 Å². The third kappa shape index (κ3) is 2.82. The molecule has 1 amide bonds. The standard InChI is InChI=1S/C14H13N5OS/c1-9-6-10(2)19(18-9)13-7-12(15-8-16-13)17-14(20)11-4-3-5-21-11/h3-8H,1-2H3,(H,15,16,17,20). The quantitative estimate of drug-likeness (QED) is 0.807. The van der Waals surface area contributed by atoms with Crippen LogP contribution in [0.1, 0.15) is 21.1 Å². The van der Waals surface area contributed by atoms with Crippen LogP contribution < -0.4 is 5.32 Å². The van der Waals surface area contributed by atoms with Gasteiger partial charge in [0.1, 0.15) is 12.1 Å². The first-order valence-electron chi connectivity index (χ1n) is 6.34. The first-order valence-corrected chi connectivity index (χ1v) is 7.22. The van der Waals surface area contributed by atoms with Crippen LogP contribution in [0.5, 0.6) is 0 Å². The minimum Gasteiger partial charge on any atom is -0.306 e. The Morgan fingerprint density at radius 3 is 2.81 bits per heavy atom. The van der Waals surface area contributed by atoms with Crippen molar-refractivity contribution < 1.29 is 4.79 Å². The minimum atomic E-state index is -0.178. The monoisotopic (exact) mass is 299 g/mol. The van der Waals surface area contributed by atoms with E-state index in [4.69, 9.17) is 0 Å². The van der Waals surface area contributed by atoms with Crippen LogP contribution in [0.15, 0.2) is 36.0 Å². The summed E-state index contributed by atoms with van der Waals surface area (Å²) >= 11 is 1.38. The fourth-order valence-corrected chi connectivity index (χ4v) is 2.60. The molecule has 6 nitrogen and oxygen atoms in total. The number of carbonyl (C=O) groups is 1. The van der Waals surface area contributed by atoms with Crippen LogP contribution in [0.2, 0.25) is 0 Å². The second kappa shape index (κ2) is 5.45. The second-order valence-electron chi connectivity index (χ2n) is 4.53. The summed E-state index contributed by atoms with van der Waals surface area (Å²) in [5.74, 6) is 0.894. The van der Waals surface area contributed by atoms with E-state index < -0.39 is 0 Å². The molecule has 3 rings (SSSR count). The zero-order valence-electron chi connectivity index (χ0n) is 11.6. The zero-order valence-corrected chi connectivity index (χ0v) is 12.4. The number of aryl methyl sites for hydroxylation is 2. The van der Waals surface area contributed by atoms with Crippen LogP contribution in [0.3, 0.4) is 0 Å². The summed E-state index contributed by atoms with van der Waals surface area (Å²) in [7, 11) is 0. The van der Waals surface area contributed by atoms with Gasteiger partial charge in [0.05, 0.1) is 10.6 Å². The van der Waals surface area contributed by atoms with Crippen molar-refractivity contribution in [1.82, 2.24) is 19.7 Å². The van der Waals surface area contributed by atoms with E-state index >= 15 is 0 Å². The van der Waals surface area contributed by atoms with Gasteiger partial charge in [0.15, 0.2) is 5.82 Å². The molecule has 3 aromatic rings. The van der Waals surface area contributed by atoms with Gasteiger partial charge in [-0.05, 0) is 31.4 Å². The number of nitrogens with one attached hydrogen (secondary N) is 1. The van der Waals surface area contributed by atoms with Gasteiger partial charge in [-0.1, -0.05) is 6.07 Å². The SMILES string of the molecule is Cc1cc(C)n(-c2cc(NC(=O)c3cccs3)ncn2)n1. The van der Waals surface area contributed by atoms with Gasteiger partial charge in [-0.15, -0.1) is 11.3 Å². The molecule has 0 saturated heterocycles. The summed E-state index contributed by atoms with van der Waals surface area (Å²) in [5, 5.41) is 8.98. The molecule has 0 radical (unpaired) electrons. The fraction of sp³-hybridized carbons (Fsp3) is 0.143. The van der Waals surface area contributed by atoms with Crippen molar-refractivity contribution >= 4 is 23.1 Å². The minimum absolute atomic E-state index is 0.178. The molecular weight excluding hydrogens is 286 g/mol. The number of carbonyl (C=O) groups excluding carboxylic acids is 1. The number of aromatic nitrogens is 4. The van der Waals surface area contributed by atoms with E-state index in [2.05, 4.69) is 20.4 Å². The molecule has 3 aromatic heterocycles.